The van der Waals surface area contributed by atoms with E-state index in [0.29, 0.717) is 24.2 Å². The van der Waals surface area contributed by atoms with Crippen molar-refractivity contribution in [1.29, 1.82) is 0 Å². The summed E-state index contributed by atoms with van der Waals surface area (Å²) in [4.78, 5) is 22.7. The van der Waals surface area contributed by atoms with E-state index in [0.717, 1.165) is 45.4 Å². The fraction of sp³-hybridized carbons (Fsp3) is 0.480. The standard InChI is InChI=1S/C25H33N5O2/c1-4-30-18(3)21(22-8-6-7-9-23(22)30)10-13-26-20-11-14-29(15-12-20)25-27-16-19(17-28-25)24(31)32-5-2/h6-9,16-17,20,26H,4-5,10-15H2,1-3H3. The lowest BCUT2D eigenvalue weighted by Crippen LogP contribution is -2.43. The van der Waals surface area contributed by atoms with Crippen molar-refractivity contribution in [2.24, 2.45) is 0 Å². The normalized spacial score (nSPS) is 14.8. The summed E-state index contributed by atoms with van der Waals surface area (Å²) in [5.41, 5.74) is 4.58. The number of aromatic nitrogens is 3. The van der Waals surface area contributed by atoms with E-state index in [2.05, 4.69) is 62.9 Å². The van der Waals surface area contributed by atoms with Crippen LogP contribution in [0.5, 0.6) is 0 Å². The zero-order chi connectivity index (χ0) is 22.5. The number of ether oxygens (including phenoxy) is 1. The van der Waals surface area contributed by atoms with E-state index >= 15 is 0 Å². The molecule has 7 nitrogen and oxygen atoms in total. The van der Waals surface area contributed by atoms with Crippen LogP contribution < -0.4 is 10.2 Å². The summed E-state index contributed by atoms with van der Waals surface area (Å²) in [7, 11) is 0. The van der Waals surface area contributed by atoms with Crippen LogP contribution in [0.4, 0.5) is 5.95 Å². The predicted octanol–water partition coefficient (Wildman–Crippen LogP) is 3.74. The molecule has 3 aromatic rings. The molecule has 0 bridgehead atoms. The zero-order valence-corrected chi connectivity index (χ0v) is 19.3. The van der Waals surface area contributed by atoms with Gasteiger partial charge in [-0.3, -0.25) is 0 Å². The number of hydrogen-bond donors (Lipinski definition) is 1. The van der Waals surface area contributed by atoms with Gasteiger partial charge in [0.05, 0.1) is 12.2 Å². The highest BCUT2D eigenvalue weighted by Crippen LogP contribution is 2.26. The van der Waals surface area contributed by atoms with Crippen LogP contribution in [0.15, 0.2) is 36.7 Å². The average molecular weight is 436 g/mol. The van der Waals surface area contributed by atoms with E-state index in [1.807, 2.05) is 0 Å². The number of esters is 1. The lowest BCUT2D eigenvalue weighted by molar-refractivity contribution is 0.0525. The Morgan fingerprint density at radius 2 is 1.88 bits per heavy atom. The van der Waals surface area contributed by atoms with E-state index in [1.54, 1.807) is 19.3 Å². The molecule has 0 unspecified atom stereocenters. The van der Waals surface area contributed by atoms with E-state index in [4.69, 9.17) is 4.74 Å². The third-order valence-corrected chi connectivity index (χ3v) is 6.41. The summed E-state index contributed by atoms with van der Waals surface area (Å²) in [5, 5.41) is 5.14. The number of anilines is 1. The number of carbonyl (C=O) groups excluding carboxylic acids is 1. The van der Waals surface area contributed by atoms with Gasteiger partial charge in [-0.15, -0.1) is 0 Å². The van der Waals surface area contributed by atoms with Crippen LogP contribution in [0.1, 0.15) is 48.3 Å². The van der Waals surface area contributed by atoms with Gasteiger partial charge in [0, 0.05) is 54.7 Å². The van der Waals surface area contributed by atoms with Crippen LogP contribution in [0.2, 0.25) is 0 Å². The number of benzene rings is 1. The molecule has 170 valence electrons. The average Bonchev–Trinajstić information content (AvgIpc) is 3.10. The molecule has 0 spiro atoms. The first kappa shape index (κ1) is 22.3. The number of carbonyl (C=O) groups is 1. The Morgan fingerprint density at radius 3 is 2.56 bits per heavy atom. The maximum atomic E-state index is 11.8. The quantitative estimate of drug-likeness (QED) is 0.544. The monoisotopic (exact) mass is 435 g/mol. The topological polar surface area (TPSA) is 72.3 Å². The zero-order valence-electron chi connectivity index (χ0n) is 19.3. The Balaban J connectivity index is 1.29. The van der Waals surface area contributed by atoms with E-state index < -0.39 is 0 Å². The molecular formula is C25H33N5O2. The number of piperidine rings is 1. The fourth-order valence-electron chi connectivity index (χ4n) is 4.72. The molecule has 1 aliphatic heterocycles. The van der Waals surface area contributed by atoms with Gasteiger partial charge in [-0.2, -0.15) is 0 Å². The summed E-state index contributed by atoms with van der Waals surface area (Å²) in [6, 6.07) is 9.23. The van der Waals surface area contributed by atoms with Gasteiger partial charge in [-0.05, 0) is 58.2 Å². The minimum atomic E-state index is -0.376. The van der Waals surface area contributed by atoms with Gasteiger partial charge in [-0.1, -0.05) is 18.2 Å². The molecule has 1 fully saturated rings. The highest BCUT2D eigenvalue weighted by Gasteiger charge is 2.21. The van der Waals surface area contributed by atoms with Gasteiger partial charge >= 0.3 is 5.97 Å². The first-order chi connectivity index (χ1) is 15.6. The van der Waals surface area contributed by atoms with Crippen molar-refractivity contribution in [2.45, 2.75) is 52.6 Å². The molecular weight excluding hydrogens is 402 g/mol. The highest BCUT2D eigenvalue weighted by molar-refractivity contribution is 5.88. The molecule has 2 aromatic heterocycles. The molecule has 0 saturated carbocycles. The summed E-state index contributed by atoms with van der Waals surface area (Å²) >= 11 is 0. The van der Waals surface area contributed by atoms with Crippen molar-refractivity contribution in [2.75, 3.05) is 31.1 Å². The minimum absolute atomic E-state index is 0.349. The van der Waals surface area contributed by atoms with Gasteiger partial charge in [0.1, 0.15) is 0 Å². The summed E-state index contributed by atoms with van der Waals surface area (Å²) in [6.07, 6.45) is 6.26. The maximum Gasteiger partial charge on any atom is 0.341 e. The molecule has 1 aliphatic rings. The number of aryl methyl sites for hydroxylation is 1. The Bertz CT molecular complexity index is 1050. The number of fused-ring (bicyclic) bond motifs is 1. The van der Waals surface area contributed by atoms with Crippen molar-refractivity contribution in [3.63, 3.8) is 0 Å². The molecule has 4 rings (SSSR count). The van der Waals surface area contributed by atoms with Gasteiger partial charge in [0.15, 0.2) is 0 Å². The van der Waals surface area contributed by atoms with Gasteiger partial charge in [0.2, 0.25) is 5.95 Å². The Kier molecular flexibility index (Phi) is 7.05. The third-order valence-electron chi connectivity index (χ3n) is 6.41. The van der Waals surface area contributed by atoms with Crippen LogP contribution >= 0.6 is 0 Å². The summed E-state index contributed by atoms with van der Waals surface area (Å²) in [6.45, 7) is 10.4. The second-order valence-electron chi connectivity index (χ2n) is 8.28. The Morgan fingerprint density at radius 1 is 1.16 bits per heavy atom. The van der Waals surface area contributed by atoms with E-state index in [9.17, 15) is 4.79 Å². The van der Waals surface area contributed by atoms with E-state index in [-0.39, 0.29) is 5.97 Å². The molecule has 0 amide bonds. The molecule has 0 aliphatic carbocycles. The molecule has 1 saturated heterocycles. The largest absolute Gasteiger partial charge is 0.462 e. The van der Waals surface area contributed by atoms with Gasteiger partial charge < -0.3 is 19.5 Å². The Hall–Kier alpha value is -2.93. The SMILES string of the molecule is CCOC(=O)c1cnc(N2CCC(NCCc3c(C)n(CC)c4ccccc34)CC2)nc1. The summed E-state index contributed by atoms with van der Waals surface area (Å²) < 4.78 is 7.41. The van der Waals surface area contributed by atoms with Crippen LogP contribution in [0.3, 0.4) is 0 Å². The number of nitrogens with one attached hydrogen (secondary N) is 1. The van der Waals surface area contributed by atoms with E-state index in [1.165, 1.54) is 22.2 Å². The van der Waals surface area contributed by atoms with Crippen LogP contribution in [0.25, 0.3) is 10.9 Å². The number of nitrogens with zero attached hydrogens (tertiary/aromatic N) is 4. The molecule has 0 atom stereocenters. The molecule has 1 aromatic carbocycles. The first-order valence-corrected chi connectivity index (χ1v) is 11.7. The van der Waals surface area contributed by atoms with Crippen molar-refractivity contribution < 1.29 is 9.53 Å². The second-order valence-corrected chi connectivity index (χ2v) is 8.28. The van der Waals surface area contributed by atoms with Crippen molar-refractivity contribution in [3.05, 3.63) is 53.5 Å². The maximum absolute atomic E-state index is 11.8. The van der Waals surface area contributed by atoms with Gasteiger partial charge in [0.25, 0.3) is 0 Å². The van der Waals surface area contributed by atoms with Crippen LogP contribution in [0, 0.1) is 6.92 Å². The number of hydrogen-bond acceptors (Lipinski definition) is 6. The third kappa shape index (κ3) is 4.63. The molecule has 32 heavy (non-hydrogen) atoms. The highest BCUT2D eigenvalue weighted by atomic mass is 16.5. The van der Waals surface area contributed by atoms with Crippen LogP contribution in [-0.2, 0) is 17.7 Å². The number of rotatable bonds is 8. The van der Waals surface area contributed by atoms with Gasteiger partial charge in [-0.25, -0.2) is 14.8 Å². The number of para-hydroxylation sites is 1. The summed E-state index contributed by atoms with van der Waals surface area (Å²) in [5.74, 6) is 0.304. The minimum Gasteiger partial charge on any atom is -0.462 e. The lowest BCUT2D eigenvalue weighted by Gasteiger charge is -2.32. The first-order valence-electron chi connectivity index (χ1n) is 11.7. The van der Waals surface area contributed by atoms with Crippen molar-refractivity contribution in [1.82, 2.24) is 19.9 Å². The van der Waals surface area contributed by atoms with Crippen molar-refractivity contribution in [3.8, 4) is 0 Å². The molecule has 0 radical (unpaired) electrons. The molecule has 3 heterocycles. The predicted molar refractivity (Wildman–Crippen MR) is 127 cm³/mol. The molecule has 1 N–H and O–H groups in total. The van der Waals surface area contributed by atoms with Crippen molar-refractivity contribution >= 4 is 22.8 Å². The second kappa shape index (κ2) is 10.1. The molecule has 7 heteroatoms. The van der Waals surface area contributed by atoms with Crippen LogP contribution in [-0.4, -0.2) is 52.8 Å². The fourth-order valence-corrected chi connectivity index (χ4v) is 4.72. The lowest BCUT2D eigenvalue weighted by atomic mass is 10.0. The smallest absolute Gasteiger partial charge is 0.341 e. The Labute approximate surface area is 189 Å².